The van der Waals surface area contributed by atoms with Gasteiger partial charge in [0.25, 0.3) is 0 Å². The zero-order valence-corrected chi connectivity index (χ0v) is 13.3. The van der Waals surface area contributed by atoms with E-state index >= 15 is 0 Å². The van der Waals surface area contributed by atoms with Crippen LogP contribution in [0.25, 0.3) is 5.70 Å². The lowest BCUT2D eigenvalue weighted by molar-refractivity contribution is -0.125. The lowest BCUT2D eigenvalue weighted by Gasteiger charge is -2.31. The third-order valence-corrected chi connectivity index (χ3v) is 4.12. The fourth-order valence-corrected chi connectivity index (χ4v) is 2.88. The molecule has 1 aromatic carbocycles. The van der Waals surface area contributed by atoms with Gasteiger partial charge in [0.05, 0.1) is 19.1 Å². The number of hydrogen-bond donors (Lipinski definition) is 1. The van der Waals surface area contributed by atoms with E-state index in [2.05, 4.69) is 5.32 Å². The molecule has 4 nitrogen and oxygen atoms in total. The van der Waals surface area contributed by atoms with Gasteiger partial charge in [0.15, 0.2) is 5.78 Å². The summed E-state index contributed by atoms with van der Waals surface area (Å²) in [7, 11) is 0. The van der Waals surface area contributed by atoms with Crippen molar-refractivity contribution in [3.8, 4) is 0 Å². The molecule has 0 radical (unpaired) electrons. The topological polar surface area (TPSA) is 55.4 Å². The maximum absolute atomic E-state index is 13.0. The van der Waals surface area contributed by atoms with Gasteiger partial charge in [-0.15, -0.1) is 0 Å². The van der Waals surface area contributed by atoms with Gasteiger partial charge in [0.1, 0.15) is 6.08 Å². The third kappa shape index (κ3) is 2.10. The molecule has 4 heteroatoms. The van der Waals surface area contributed by atoms with Gasteiger partial charge < -0.3 is 10.1 Å². The first-order valence-electron chi connectivity index (χ1n) is 8.04. The Bertz CT molecular complexity index is 736. The molecular formula is C18H21NO3. The minimum absolute atomic E-state index is 0.180. The lowest BCUT2D eigenvalue weighted by Crippen LogP contribution is -2.38. The molecule has 1 aliphatic carbocycles. The maximum Gasteiger partial charge on any atom is 0.234 e. The molecule has 116 valence electrons. The molecule has 1 atom stereocenters. The number of nitrogens with one attached hydrogen (secondary N) is 1. The Balaban J connectivity index is 2.23. The fraction of sp³-hybridized carbons (Fsp3) is 0.444. The number of ketones is 1. The predicted octanol–water partition coefficient (Wildman–Crippen LogP) is 2.79. The number of benzene rings is 1. The number of hydrogen-bond acceptors (Lipinski definition) is 3. The summed E-state index contributed by atoms with van der Waals surface area (Å²) >= 11 is 0. The predicted molar refractivity (Wildman–Crippen MR) is 84.2 cm³/mol. The first-order chi connectivity index (χ1) is 10.7. The van der Waals surface area contributed by atoms with Gasteiger partial charge in [-0.25, -0.2) is 0 Å². The molecule has 1 heterocycles. The summed E-state index contributed by atoms with van der Waals surface area (Å²) in [6, 6.07) is 7.06. The van der Waals surface area contributed by atoms with Crippen LogP contribution >= 0.6 is 0 Å². The van der Waals surface area contributed by atoms with Crippen LogP contribution in [0.2, 0.25) is 0 Å². The summed E-state index contributed by atoms with van der Waals surface area (Å²) in [6.07, 6.45) is -1.86. The highest BCUT2D eigenvalue weighted by Gasteiger charge is 2.50. The van der Waals surface area contributed by atoms with E-state index in [9.17, 15) is 9.59 Å². The molecule has 0 aromatic heterocycles. The van der Waals surface area contributed by atoms with Gasteiger partial charge >= 0.3 is 0 Å². The zero-order chi connectivity index (χ0) is 17.0. The molecular weight excluding hydrogens is 278 g/mol. The Morgan fingerprint density at radius 1 is 1.27 bits per heavy atom. The van der Waals surface area contributed by atoms with E-state index in [4.69, 9.17) is 6.11 Å². The SMILES string of the molecule is [2H]C1(OCC(C)C)C(=O)c2ccccc2C2=C1C(C)(C)C(=O)N2. The molecule has 0 saturated heterocycles. The second kappa shape index (κ2) is 5.06. The van der Waals surface area contributed by atoms with Gasteiger partial charge in [-0.3, -0.25) is 9.59 Å². The average molecular weight is 300 g/mol. The van der Waals surface area contributed by atoms with Crippen LogP contribution in [0, 0.1) is 11.3 Å². The molecule has 1 N–H and O–H groups in total. The minimum atomic E-state index is -1.86. The van der Waals surface area contributed by atoms with Crippen molar-refractivity contribution in [3.63, 3.8) is 0 Å². The van der Waals surface area contributed by atoms with E-state index in [1.807, 2.05) is 19.9 Å². The first-order valence-corrected chi connectivity index (χ1v) is 7.54. The van der Waals surface area contributed by atoms with E-state index in [-0.39, 0.29) is 18.4 Å². The Morgan fingerprint density at radius 2 is 1.91 bits per heavy atom. The van der Waals surface area contributed by atoms with Crippen LogP contribution in [-0.4, -0.2) is 24.4 Å². The van der Waals surface area contributed by atoms with Gasteiger partial charge in [-0.05, 0) is 19.8 Å². The van der Waals surface area contributed by atoms with Crippen LogP contribution in [0.5, 0.6) is 0 Å². The number of carbonyl (C=O) groups is 2. The Hall–Kier alpha value is -1.94. The molecule has 3 rings (SSSR count). The van der Waals surface area contributed by atoms with Crippen molar-refractivity contribution < 1.29 is 15.7 Å². The average Bonchev–Trinajstić information content (AvgIpc) is 2.74. The number of Topliss-reactive ketones (excluding diaryl/α,β-unsaturated/α-hetero) is 1. The van der Waals surface area contributed by atoms with Crippen molar-refractivity contribution >= 4 is 17.4 Å². The van der Waals surface area contributed by atoms with Gasteiger partial charge in [-0.1, -0.05) is 38.1 Å². The van der Waals surface area contributed by atoms with Crippen molar-refractivity contribution in [2.24, 2.45) is 11.3 Å². The molecule has 0 fully saturated rings. The van der Waals surface area contributed by atoms with Crippen molar-refractivity contribution in [3.05, 3.63) is 41.0 Å². The van der Waals surface area contributed by atoms with E-state index in [1.165, 1.54) is 0 Å². The molecule has 1 amide bonds. The van der Waals surface area contributed by atoms with Crippen LogP contribution in [0.4, 0.5) is 0 Å². The normalized spacial score (nSPS) is 26.7. The second-order valence-electron chi connectivity index (χ2n) is 6.74. The van der Waals surface area contributed by atoms with Crippen molar-refractivity contribution in [1.29, 1.82) is 0 Å². The largest absolute Gasteiger partial charge is 0.365 e. The third-order valence-electron chi connectivity index (χ3n) is 4.12. The summed E-state index contributed by atoms with van der Waals surface area (Å²) in [4.78, 5) is 25.4. The Labute approximate surface area is 132 Å². The summed E-state index contributed by atoms with van der Waals surface area (Å²) < 4.78 is 14.6. The molecule has 0 bridgehead atoms. The van der Waals surface area contributed by atoms with E-state index in [0.717, 1.165) is 0 Å². The highest BCUT2D eigenvalue weighted by atomic mass is 16.5. The van der Waals surface area contributed by atoms with Crippen molar-refractivity contribution in [1.82, 2.24) is 5.32 Å². The quantitative estimate of drug-likeness (QED) is 0.934. The highest BCUT2D eigenvalue weighted by Crippen LogP contribution is 2.45. The zero-order valence-electron chi connectivity index (χ0n) is 14.3. The minimum Gasteiger partial charge on any atom is -0.365 e. The Kier molecular flexibility index (Phi) is 3.15. The van der Waals surface area contributed by atoms with Crippen LogP contribution < -0.4 is 5.32 Å². The molecule has 2 aliphatic rings. The number of ether oxygens (including phenoxy) is 1. The summed E-state index contributed by atoms with van der Waals surface area (Å²) in [5.74, 6) is -0.437. The number of carbonyl (C=O) groups excluding carboxylic acids is 2. The first kappa shape index (κ1) is 13.7. The molecule has 1 aliphatic heterocycles. The van der Waals surface area contributed by atoms with Gasteiger partial charge in [0, 0.05) is 16.7 Å². The maximum atomic E-state index is 13.0. The summed E-state index contributed by atoms with van der Waals surface area (Å²) in [6.45, 7) is 7.66. The Morgan fingerprint density at radius 3 is 2.55 bits per heavy atom. The highest BCUT2D eigenvalue weighted by molar-refractivity contribution is 6.14. The van der Waals surface area contributed by atoms with Crippen molar-refractivity contribution in [2.75, 3.05) is 6.61 Å². The van der Waals surface area contributed by atoms with E-state index in [1.54, 1.807) is 32.0 Å². The van der Waals surface area contributed by atoms with Crippen LogP contribution in [-0.2, 0) is 9.53 Å². The molecule has 22 heavy (non-hydrogen) atoms. The molecule has 1 aromatic rings. The summed E-state index contributed by atoms with van der Waals surface area (Å²) in [5.41, 5.74) is 1.09. The monoisotopic (exact) mass is 300 g/mol. The number of amides is 1. The van der Waals surface area contributed by atoms with Crippen LogP contribution in [0.1, 0.15) is 45.0 Å². The van der Waals surface area contributed by atoms with Gasteiger partial charge in [0.2, 0.25) is 5.91 Å². The van der Waals surface area contributed by atoms with Crippen LogP contribution in [0.15, 0.2) is 29.8 Å². The summed E-state index contributed by atoms with van der Waals surface area (Å²) in [5, 5.41) is 2.85. The molecule has 1 unspecified atom stereocenters. The standard InChI is InChI=1S/C18H21NO3/c1-10(2)9-22-16-13-14(19-17(21)18(13,3)4)11-7-5-6-8-12(11)15(16)20/h5-8,10,16H,9H2,1-4H3,(H,19,21)/i16D. The lowest BCUT2D eigenvalue weighted by atomic mass is 9.75. The van der Waals surface area contributed by atoms with E-state index < -0.39 is 17.3 Å². The van der Waals surface area contributed by atoms with Crippen LogP contribution in [0.3, 0.4) is 0 Å². The second-order valence-corrected chi connectivity index (χ2v) is 6.74. The molecule has 0 spiro atoms. The van der Waals surface area contributed by atoms with Gasteiger partial charge in [-0.2, -0.15) is 0 Å². The van der Waals surface area contributed by atoms with Crippen molar-refractivity contribution in [2.45, 2.75) is 33.8 Å². The van der Waals surface area contributed by atoms with E-state index in [0.29, 0.717) is 22.4 Å². The smallest absolute Gasteiger partial charge is 0.234 e. The fourth-order valence-electron chi connectivity index (χ4n) is 2.88. The number of fused-ring (bicyclic) bond motifs is 2. The number of rotatable bonds is 3. The molecule has 0 saturated carbocycles.